The Bertz CT molecular complexity index is 6380. The fourth-order valence-corrected chi connectivity index (χ4v) is 13.4. The third-order valence-corrected chi connectivity index (χ3v) is 19.4. The molecule has 7 aromatic carbocycles. The summed E-state index contributed by atoms with van der Waals surface area (Å²) in [5.41, 5.74) is 12.5. The molecule has 0 atom stereocenters. The standard InChI is InChI=1S/C24H21FN4O3.C23H19F3N4O2.C22H21N5O2.C20H19FN6O2/c1-29(12-18-10-26-9-17-11-27-28-23(17)18)24(30)16-5-6-21(15-3-2-4-19(25)7-15)22(8-16)32-20-13-31-14-20;1-30(12-17-10-27-9-16-11-28-29-22(16)17)23(31)15-5-6-19(14-3-2-4-18(24)7-14)20(8-15)32-13-21(25)26;1-3-29-21-18(15-7-5-4-6-8-15)9-10-19(25-21)22(28)27(2)14-17-12-23-11-16-13-24-26-20(16)17;1-3-29-19-18(24-27(25-19)16-9-5-8-15(21)10-16)20(28)26(2)12-14-7-4-6-13-11-22-23-17(13)14/h2-11,20H,12-14H2,1H3,(H,27,28);2-11,21H,12-13H2,1H3,(H,28,29);4-13H,3,14H2,1-2H3,(H,24,26);4-11H,3,12H2,1-2H3,(H,22,23). The van der Waals surface area contributed by atoms with Crippen LogP contribution in [0, 0.1) is 17.5 Å². The van der Waals surface area contributed by atoms with Gasteiger partial charge in [0.05, 0.1) is 79.0 Å². The lowest BCUT2D eigenvalue weighted by Gasteiger charge is -2.28. The molecule has 1 fully saturated rings. The average molecular weight is 1650 g/mol. The molecule has 4 N–H and O–H groups in total. The van der Waals surface area contributed by atoms with Crippen molar-refractivity contribution in [3.05, 3.63) is 294 Å². The Labute approximate surface area is 694 Å². The largest absolute Gasteiger partial charge is 0.487 e. The first-order valence-electron chi connectivity index (χ1n) is 38.5. The summed E-state index contributed by atoms with van der Waals surface area (Å²) in [6.45, 7) is 5.95. The Morgan fingerprint density at radius 1 is 0.443 bits per heavy atom. The van der Waals surface area contributed by atoms with Gasteiger partial charge in [0.1, 0.15) is 47.4 Å². The van der Waals surface area contributed by atoms with Gasteiger partial charge in [0.2, 0.25) is 11.6 Å². The quantitative estimate of drug-likeness (QED) is 0.0386. The minimum Gasteiger partial charge on any atom is -0.487 e. The number of carbonyl (C=O) groups is 4. The monoisotopic (exact) mass is 1650 g/mol. The van der Waals surface area contributed by atoms with Gasteiger partial charge in [-0.25, -0.2) is 26.9 Å². The summed E-state index contributed by atoms with van der Waals surface area (Å²) in [5.74, 6) is -1.11. The van der Waals surface area contributed by atoms with Crippen LogP contribution in [0.25, 0.3) is 82.7 Å². The number of H-pyrrole nitrogens is 4. The molecule has 4 amide bonds. The van der Waals surface area contributed by atoms with Crippen molar-refractivity contribution in [2.24, 2.45) is 0 Å². The van der Waals surface area contributed by atoms with Crippen molar-refractivity contribution < 1.29 is 64.8 Å². The van der Waals surface area contributed by atoms with Crippen molar-refractivity contribution >= 4 is 67.2 Å². The maximum absolute atomic E-state index is 13.8. The van der Waals surface area contributed by atoms with Crippen molar-refractivity contribution in [2.45, 2.75) is 52.6 Å². The number of hydrogen-bond acceptors (Lipinski definition) is 19. The van der Waals surface area contributed by atoms with Crippen LogP contribution in [0.1, 0.15) is 77.8 Å². The molecule has 0 radical (unpaired) electrons. The van der Waals surface area contributed by atoms with Crippen molar-refractivity contribution in [3.63, 3.8) is 0 Å². The zero-order valence-corrected chi connectivity index (χ0v) is 66.7. The summed E-state index contributed by atoms with van der Waals surface area (Å²) in [4.78, 5) is 76.8. The Morgan fingerprint density at radius 2 is 0.902 bits per heavy atom. The molecule has 620 valence electrons. The number of benzene rings is 7. The van der Waals surface area contributed by atoms with Gasteiger partial charge in [-0.3, -0.25) is 54.5 Å². The number of nitrogens with one attached hydrogen (secondary N) is 4. The Hall–Kier alpha value is -15.2. The Morgan fingerprint density at radius 3 is 1.42 bits per heavy atom. The van der Waals surface area contributed by atoms with Crippen molar-refractivity contribution in [1.82, 2.24) is 95.3 Å². The van der Waals surface area contributed by atoms with E-state index < -0.39 is 24.7 Å². The van der Waals surface area contributed by atoms with E-state index in [4.69, 9.17) is 23.7 Å². The molecule has 0 bridgehead atoms. The fraction of sp³-hybridized carbons (Fsp3) is 0.191. The van der Waals surface area contributed by atoms with Gasteiger partial charge < -0.3 is 43.3 Å². The van der Waals surface area contributed by atoms with E-state index in [1.807, 2.05) is 67.6 Å². The van der Waals surface area contributed by atoms with Crippen molar-refractivity contribution in [1.29, 1.82) is 0 Å². The molecule has 9 aromatic heterocycles. The highest BCUT2D eigenvalue weighted by atomic mass is 19.3. The first kappa shape index (κ1) is 83.3. The molecule has 1 aliphatic heterocycles. The van der Waals surface area contributed by atoms with Gasteiger partial charge in [-0.05, 0) is 121 Å². The highest BCUT2D eigenvalue weighted by molar-refractivity contribution is 5.98. The van der Waals surface area contributed by atoms with Crippen LogP contribution >= 0.6 is 0 Å². The number of halogens is 5. The van der Waals surface area contributed by atoms with Gasteiger partial charge in [0, 0.05) is 164 Å². The predicted molar refractivity (Wildman–Crippen MR) is 445 cm³/mol. The zero-order valence-electron chi connectivity index (χ0n) is 66.7. The van der Waals surface area contributed by atoms with Gasteiger partial charge in [0.25, 0.3) is 35.9 Å². The second kappa shape index (κ2) is 38.5. The number of nitrogens with zero attached hydrogens (tertiary/aromatic N) is 15. The number of carbonyl (C=O) groups excluding carboxylic acids is 4. The number of aromatic nitrogens is 15. The van der Waals surface area contributed by atoms with E-state index in [-0.39, 0.29) is 65.0 Å². The normalized spacial score (nSPS) is 11.7. The number of fused-ring (bicyclic) bond motifs is 4. The molecule has 122 heavy (non-hydrogen) atoms. The second-order valence-electron chi connectivity index (χ2n) is 28.1. The smallest absolute Gasteiger partial charge is 0.280 e. The average Bonchev–Trinajstić information content (AvgIpc) is 1.44. The molecule has 10 heterocycles. The minimum atomic E-state index is -2.69. The number of rotatable bonds is 25. The molecule has 1 saturated heterocycles. The number of pyridine rings is 4. The number of alkyl halides is 2. The van der Waals surface area contributed by atoms with Gasteiger partial charge >= 0.3 is 0 Å². The van der Waals surface area contributed by atoms with Crippen LogP contribution in [-0.4, -0.2) is 193 Å². The van der Waals surface area contributed by atoms with E-state index in [1.54, 1.807) is 168 Å². The van der Waals surface area contributed by atoms with Crippen LogP contribution in [0.2, 0.25) is 0 Å². The van der Waals surface area contributed by atoms with Crippen LogP contribution < -0.4 is 18.9 Å². The van der Waals surface area contributed by atoms with E-state index in [2.05, 4.69) is 70.9 Å². The molecular weight excluding hydrogens is 1570 g/mol. The van der Waals surface area contributed by atoms with Gasteiger partial charge in [0.15, 0.2) is 0 Å². The highest BCUT2D eigenvalue weighted by Crippen LogP contribution is 2.37. The summed E-state index contributed by atoms with van der Waals surface area (Å²) in [5, 5.41) is 40.0. The van der Waals surface area contributed by atoms with E-state index in [0.717, 1.165) is 82.6 Å². The van der Waals surface area contributed by atoms with Crippen molar-refractivity contribution in [2.75, 3.05) is 61.2 Å². The molecule has 1 aliphatic rings. The van der Waals surface area contributed by atoms with Crippen LogP contribution in [-0.2, 0) is 30.9 Å². The summed E-state index contributed by atoms with van der Waals surface area (Å²) >= 11 is 0. The number of aromatic amines is 4. The molecular formula is C89H80F5N19O9. The lowest BCUT2D eigenvalue weighted by atomic mass is 10.0. The third-order valence-electron chi connectivity index (χ3n) is 19.4. The van der Waals surface area contributed by atoms with E-state index in [9.17, 15) is 41.1 Å². The molecule has 33 heteroatoms. The molecule has 0 spiro atoms. The lowest BCUT2D eigenvalue weighted by Crippen LogP contribution is -2.38. The molecule has 0 saturated carbocycles. The molecule has 0 aliphatic carbocycles. The van der Waals surface area contributed by atoms with E-state index in [0.29, 0.717) is 91.3 Å². The Kier molecular flexibility index (Phi) is 26.3. The number of ether oxygens (including phenoxy) is 5. The number of amides is 4. The molecule has 0 unspecified atom stereocenters. The summed E-state index contributed by atoms with van der Waals surface area (Å²) in [7, 11) is 6.77. The zero-order chi connectivity index (χ0) is 85.3. The van der Waals surface area contributed by atoms with E-state index in [1.165, 1.54) is 63.1 Å². The first-order valence-corrected chi connectivity index (χ1v) is 38.5. The number of para-hydroxylation sites is 1. The fourth-order valence-electron chi connectivity index (χ4n) is 13.4. The predicted octanol–water partition coefficient (Wildman–Crippen LogP) is 15.1. The maximum atomic E-state index is 13.8. The third kappa shape index (κ3) is 19.8. The first-order chi connectivity index (χ1) is 59.2. The van der Waals surface area contributed by atoms with Crippen LogP contribution in [0.15, 0.2) is 232 Å². The molecule has 17 rings (SSSR count). The maximum Gasteiger partial charge on any atom is 0.280 e. The van der Waals surface area contributed by atoms with Crippen LogP contribution in [0.4, 0.5) is 22.0 Å². The summed E-state index contributed by atoms with van der Waals surface area (Å²) in [6.07, 6.45) is 14.3. The lowest BCUT2D eigenvalue weighted by molar-refractivity contribution is -0.0794. The van der Waals surface area contributed by atoms with Crippen LogP contribution in [0.5, 0.6) is 23.3 Å². The molecule has 28 nitrogen and oxygen atoms in total. The Balaban J connectivity index is 0.000000133. The highest BCUT2D eigenvalue weighted by Gasteiger charge is 2.28. The summed E-state index contributed by atoms with van der Waals surface area (Å²) in [6, 6.07) is 46.9. The SMILES string of the molecule is CCOc1nc(C(=O)N(C)Cc2cncc3cn[nH]c23)ccc1-c1ccccc1.CCOc1nn(-c2cccc(F)c2)nc1C(=O)N(C)Cc1cccc2cn[nH]c12.CN(Cc1cncc2cn[nH]c12)C(=O)c1ccc(-c2cccc(F)c2)c(OC2COC2)c1.CN(Cc1cncc2cn[nH]c12)C(=O)c1ccc(-c2cccc(F)c2)c(OCC(F)F)c1. The van der Waals surface area contributed by atoms with E-state index >= 15 is 0 Å². The van der Waals surface area contributed by atoms with Gasteiger partial charge in [-0.1, -0.05) is 78.9 Å². The molecule has 16 aromatic rings. The number of hydrogen-bond donors (Lipinski definition) is 4. The summed E-state index contributed by atoms with van der Waals surface area (Å²) < 4.78 is 94.3. The topological polar surface area (TPSA) is 324 Å². The minimum absolute atomic E-state index is 0.0652. The van der Waals surface area contributed by atoms with Crippen molar-refractivity contribution in [3.8, 4) is 62.3 Å². The van der Waals surface area contributed by atoms with Gasteiger partial charge in [-0.2, -0.15) is 20.4 Å². The second-order valence-corrected chi connectivity index (χ2v) is 28.1. The van der Waals surface area contributed by atoms with Crippen LogP contribution in [0.3, 0.4) is 0 Å². The van der Waals surface area contributed by atoms with Gasteiger partial charge in [-0.15, -0.1) is 15.0 Å².